The van der Waals surface area contributed by atoms with Crippen LogP contribution < -0.4 is 11.1 Å². The van der Waals surface area contributed by atoms with E-state index >= 15 is 0 Å². The summed E-state index contributed by atoms with van der Waals surface area (Å²) in [6, 6.07) is 0.225. The predicted octanol–water partition coefficient (Wildman–Crippen LogP) is -0.265. The Kier molecular flexibility index (Phi) is 3.00. The summed E-state index contributed by atoms with van der Waals surface area (Å²) in [5.41, 5.74) is 5.23. The third kappa shape index (κ3) is 1.97. The van der Waals surface area contributed by atoms with Crippen LogP contribution in [0, 0.1) is 0 Å². The van der Waals surface area contributed by atoms with Gasteiger partial charge in [-0.3, -0.25) is 4.79 Å². The van der Waals surface area contributed by atoms with Crippen LogP contribution in [-0.2, 0) is 4.79 Å². The number of nitrogens with zero attached hydrogens (tertiary/aromatic N) is 1. The maximum absolute atomic E-state index is 11.2. The van der Waals surface area contributed by atoms with Crippen LogP contribution in [0.1, 0.15) is 25.7 Å². The number of nitrogens with one attached hydrogen (secondary N) is 1. The predicted molar refractivity (Wildman–Crippen MR) is 56.9 cm³/mol. The van der Waals surface area contributed by atoms with Gasteiger partial charge in [0.25, 0.3) is 0 Å². The van der Waals surface area contributed by atoms with Gasteiger partial charge in [0.2, 0.25) is 5.91 Å². The van der Waals surface area contributed by atoms with E-state index in [1.54, 1.807) is 4.90 Å². The number of hydrogen-bond donors (Lipinski definition) is 3. The van der Waals surface area contributed by atoms with Gasteiger partial charge in [-0.1, -0.05) is 0 Å². The molecule has 6 nitrogen and oxygen atoms in total. The quantitative estimate of drug-likeness (QED) is 0.605. The van der Waals surface area contributed by atoms with Gasteiger partial charge in [0.05, 0.1) is 6.54 Å². The van der Waals surface area contributed by atoms with Crippen molar-refractivity contribution < 1.29 is 14.7 Å². The minimum absolute atomic E-state index is 0.00548. The molecule has 4 N–H and O–H groups in total. The first-order chi connectivity index (χ1) is 7.61. The number of rotatable bonds is 2. The Labute approximate surface area is 93.8 Å². The minimum Gasteiger partial charge on any atom is -0.465 e. The van der Waals surface area contributed by atoms with Crippen molar-refractivity contribution >= 4 is 12.0 Å². The van der Waals surface area contributed by atoms with Crippen LogP contribution in [-0.4, -0.2) is 46.7 Å². The lowest BCUT2D eigenvalue weighted by molar-refractivity contribution is -0.120. The van der Waals surface area contributed by atoms with Gasteiger partial charge in [-0.05, 0) is 25.7 Å². The summed E-state index contributed by atoms with van der Waals surface area (Å²) in [4.78, 5) is 23.7. The molecule has 2 aliphatic rings. The van der Waals surface area contributed by atoms with Crippen molar-refractivity contribution in [1.29, 1.82) is 0 Å². The summed E-state index contributed by atoms with van der Waals surface area (Å²) >= 11 is 0. The van der Waals surface area contributed by atoms with Gasteiger partial charge in [0.1, 0.15) is 0 Å². The lowest BCUT2D eigenvalue weighted by Gasteiger charge is -2.37. The van der Waals surface area contributed by atoms with Crippen LogP contribution in [0.25, 0.3) is 0 Å². The molecule has 2 bridgehead atoms. The van der Waals surface area contributed by atoms with Crippen LogP contribution >= 0.6 is 0 Å². The molecule has 16 heavy (non-hydrogen) atoms. The summed E-state index contributed by atoms with van der Waals surface area (Å²) in [6.07, 6.45) is 2.41. The topological polar surface area (TPSA) is 95.7 Å². The fourth-order valence-electron chi connectivity index (χ4n) is 2.89. The van der Waals surface area contributed by atoms with E-state index in [1.165, 1.54) is 0 Å². The second kappa shape index (κ2) is 4.29. The summed E-state index contributed by atoms with van der Waals surface area (Å²) in [5.74, 6) is -0.159. The molecule has 6 heteroatoms. The zero-order valence-electron chi connectivity index (χ0n) is 9.06. The number of hydrogen-bond acceptors (Lipinski definition) is 3. The number of carbonyl (C=O) groups excluding carboxylic acids is 1. The molecule has 0 spiro atoms. The van der Waals surface area contributed by atoms with E-state index in [-0.39, 0.29) is 30.6 Å². The number of piperidine rings is 1. The molecule has 0 saturated carbocycles. The van der Waals surface area contributed by atoms with E-state index in [1.807, 2.05) is 0 Å². The van der Waals surface area contributed by atoms with Crippen molar-refractivity contribution in [1.82, 2.24) is 10.2 Å². The number of fused-ring (bicyclic) bond motifs is 2. The molecule has 2 fully saturated rings. The average molecular weight is 227 g/mol. The van der Waals surface area contributed by atoms with Gasteiger partial charge >= 0.3 is 6.09 Å². The van der Waals surface area contributed by atoms with E-state index in [4.69, 9.17) is 10.8 Å². The van der Waals surface area contributed by atoms with Crippen molar-refractivity contribution in [2.45, 2.75) is 43.8 Å². The van der Waals surface area contributed by atoms with Gasteiger partial charge in [-0.2, -0.15) is 0 Å². The Hall–Kier alpha value is -1.30. The first-order valence-corrected chi connectivity index (χ1v) is 5.62. The van der Waals surface area contributed by atoms with Crippen molar-refractivity contribution in [3.63, 3.8) is 0 Å². The number of carbonyl (C=O) groups is 2. The number of carboxylic acid groups (broad SMARTS) is 1. The Bertz CT molecular complexity index is 294. The van der Waals surface area contributed by atoms with Gasteiger partial charge in [0, 0.05) is 18.1 Å². The molecule has 90 valence electrons. The van der Waals surface area contributed by atoms with E-state index in [0.29, 0.717) is 12.8 Å². The van der Waals surface area contributed by atoms with Crippen molar-refractivity contribution in [3.8, 4) is 0 Å². The highest BCUT2D eigenvalue weighted by molar-refractivity contribution is 5.78. The van der Waals surface area contributed by atoms with Crippen LogP contribution in [0.2, 0.25) is 0 Å². The minimum atomic E-state index is -0.837. The van der Waals surface area contributed by atoms with Crippen LogP contribution in [0.5, 0.6) is 0 Å². The molecular weight excluding hydrogens is 210 g/mol. The van der Waals surface area contributed by atoms with Crippen molar-refractivity contribution in [3.05, 3.63) is 0 Å². The molecule has 0 unspecified atom stereocenters. The molecule has 0 aromatic rings. The van der Waals surface area contributed by atoms with Crippen LogP contribution in [0.15, 0.2) is 0 Å². The van der Waals surface area contributed by atoms with Crippen molar-refractivity contribution in [2.75, 3.05) is 6.54 Å². The van der Waals surface area contributed by atoms with E-state index in [0.717, 1.165) is 12.8 Å². The smallest absolute Gasteiger partial charge is 0.407 e. The second-order valence-electron chi connectivity index (χ2n) is 4.51. The fraction of sp³-hybridized carbons (Fsp3) is 0.800. The summed E-state index contributed by atoms with van der Waals surface area (Å²) in [7, 11) is 0. The lowest BCUT2D eigenvalue weighted by atomic mass is 9.98. The fourth-order valence-corrected chi connectivity index (χ4v) is 2.89. The molecule has 2 rings (SSSR count). The monoisotopic (exact) mass is 227 g/mol. The number of amides is 2. The molecular formula is C10H17N3O3. The molecule has 2 aliphatic heterocycles. The molecule has 3 atom stereocenters. The maximum atomic E-state index is 11.2. The first kappa shape index (κ1) is 11.2. The van der Waals surface area contributed by atoms with Crippen LogP contribution in [0.4, 0.5) is 4.79 Å². The van der Waals surface area contributed by atoms with E-state index in [2.05, 4.69) is 5.32 Å². The molecule has 2 amide bonds. The van der Waals surface area contributed by atoms with Crippen molar-refractivity contribution in [2.24, 2.45) is 5.73 Å². The molecule has 2 heterocycles. The molecule has 2 saturated heterocycles. The van der Waals surface area contributed by atoms with Gasteiger partial charge in [-0.25, -0.2) is 4.79 Å². The third-order valence-electron chi connectivity index (χ3n) is 3.50. The summed E-state index contributed by atoms with van der Waals surface area (Å²) < 4.78 is 0. The zero-order valence-corrected chi connectivity index (χ0v) is 9.06. The highest BCUT2D eigenvalue weighted by atomic mass is 16.4. The summed E-state index contributed by atoms with van der Waals surface area (Å²) in [6.45, 7) is -0.00548. The first-order valence-electron chi connectivity index (χ1n) is 5.62. The maximum Gasteiger partial charge on any atom is 0.407 e. The highest BCUT2D eigenvalue weighted by Crippen LogP contribution is 2.35. The standard InChI is InChI=1S/C10H17N3O3/c11-5-9(14)12-6-3-7-1-2-8(4-6)13(7)10(15)16/h6-8H,1-5,11H2,(H,12,14)(H,15,16)/t6-,7-,8+. The number of nitrogens with two attached hydrogens (primary N) is 1. The normalized spacial score (nSPS) is 32.6. The molecule has 0 aromatic heterocycles. The van der Waals surface area contributed by atoms with Gasteiger partial charge in [0.15, 0.2) is 0 Å². The largest absolute Gasteiger partial charge is 0.465 e. The zero-order chi connectivity index (χ0) is 11.7. The molecule has 0 aromatic carbocycles. The SMILES string of the molecule is NCC(=O)N[C@@H]1C[C@H]2CC[C@@H](C1)N2C(=O)O. The third-order valence-corrected chi connectivity index (χ3v) is 3.50. The van der Waals surface area contributed by atoms with E-state index in [9.17, 15) is 9.59 Å². The van der Waals surface area contributed by atoms with Crippen LogP contribution in [0.3, 0.4) is 0 Å². The Balaban J connectivity index is 1.97. The summed E-state index contributed by atoms with van der Waals surface area (Å²) in [5, 5.41) is 11.9. The second-order valence-corrected chi connectivity index (χ2v) is 4.51. The van der Waals surface area contributed by atoms with E-state index < -0.39 is 6.09 Å². The Morgan fingerprint density at radius 1 is 1.31 bits per heavy atom. The molecule has 0 aliphatic carbocycles. The average Bonchev–Trinajstić information content (AvgIpc) is 2.51. The molecule has 0 radical (unpaired) electrons. The highest BCUT2D eigenvalue weighted by Gasteiger charge is 2.43. The van der Waals surface area contributed by atoms with Gasteiger partial charge in [-0.15, -0.1) is 0 Å². The van der Waals surface area contributed by atoms with Gasteiger partial charge < -0.3 is 21.1 Å². The Morgan fingerprint density at radius 3 is 2.31 bits per heavy atom. The Morgan fingerprint density at radius 2 is 1.88 bits per heavy atom. The lowest BCUT2D eigenvalue weighted by Crippen LogP contribution is -2.52.